The third-order valence-electron chi connectivity index (χ3n) is 7.70. The number of carbonyl (C=O) groups is 2. The Morgan fingerprint density at radius 2 is 1.96 bits per heavy atom. The van der Waals surface area contributed by atoms with Crippen LogP contribution in [0, 0.1) is 0 Å². The molecule has 5 rings (SSSR count). The van der Waals surface area contributed by atoms with Crippen LogP contribution in [0.25, 0.3) is 11.1 Å². The van der Waals surface area contributed by atoms with Gasteiger partial charge in [-0.3, -0.25) is 9.59 Å². The van der Waals surface area contributed by atoms with Gasteiger partial charge in [0, 0.05) is 34.2 Å². The number of rotatable bonds is 9. The lowest BCUT2D eigenvalue weighted by Gasteiger charge is -2.29. The van der Waals surface area contributed by atoms with Crippen molar-refractivity contribution in [2.45, 2.75) is 43.5 Å². The third kappa shape index (κ3) is 7.84. The highest BCUT2D eigenvalue weighted by molar-refractivity contribution is 6.30. The fourth-order valence-corrected chi connectivity index (χ4v) is 5.75. The number of ether oxygens (including phenoxy) is 2. The molecule has 2 heterocycles. The second-order valence-electron chi connectivity index (χ2n) is 10.9. The van der Waals surface area contributed by atoms with Crippen molar-refractivity contribution in [1.82, 2.24) is 15.3 Å². The van der Waals surface area contributed by atoms with Crippen LogP contribution in [0.1, 0.15) is 64.0 Å². The molecular weight excluding hydrogens is 627 g/mol. The molecule has 0 bridgehead atoms. The number of carboxylic acid groups (broad SMARTS) is 1. The van der Waals surface area contributed by atoms with E-state index < -0.39 is 36.7 Å². The van der Waals surface area contributed by atoms with Crippen molar-refractivity contribution in [3.63, 3.8) is 0 Å². The smallest absolute Gasteiger partial charge is 0.429 e. The van der Waals surface area contributed by atoms with E-state index in [9.17, 15) is 22.8 Å². The number of aliphatic carboxylic acids is 1. The molecule has 10 nitrogen and oxygen atoms in total. The first-order chi connectivity index (χ1) is 21.9. The van der Waals surface area contributed by atoms with Gasteiger partial charge in [0.25, 0.3) is 5.91 Å². The number of nitrogens with one attached hydrogen (secondary N) is 1. The molecule has 0 saturated heterocycles. The third-order valence-corrected chi connectivity index (χ3v) is 7.93. The molecule has 1 amide bonds. The zero-order valence-corrected chi connectivity index (χ0v) is 25.1. The molecule has 0 fully saturated rings. The van der Waals surface area contributed by atoms with Crippen LogP contribution in [-0.2, 0) is 9.53 Å². The summed E-state index contributed by atoms with van der Waals surface area (Å²) in [6.45, 7) is 0.101. The zero-order chi connectivity index (χ0) is 33.0. The van der Waals surface area contributed by atoms with Crippen LogP contribution in [0.5, 0.6) is 5.88 Å². The number of benzene rings is 2. The van der Waals surface area contributed by atoms with Crippen molar-refractivity contribution < 1.29 is 37.3 Å². The molecule has 6 N–H and O–H groups in total. The molecule has 46 heavy (non-hydrogen) atoms. The maximum absolute atomic E-state index is 14.5. The molecule has 3 atom stereocenters. The van der Waals surface area contributed by atoms with Crippen LogP contribution >= 0.6 is 11.6 Å². The molecule has 3 aromatic rings. The van der Waals surface area contributed by atoms with Gasteiger partial charge in [0.2, 0.25) is 17.9 Å². The Morgan fingerprint density at radius 1 is 1.15 bits per heavy atom. The summed E-state index contributed by atoms with van der Waals surface area (Å²) >= 11 is 6.17. The fourth-order valence-electron chi connectivity index (χ4n) is 5.58. The van der Waals surface area contributed by atoms with Crippen LogP contribution in [0.15, 0.2) is 60.7 Å². The highest BCUT2D eigenvalue weighted by atomic mass is 35.5. The second kappa shape index (κ2) is 13.9. The van der Waals surface area contributed by atoms with E-state index in [1.54, 1.807) is 24.3 Å². The molecule has 242 valence electrons. The fraction of sp³-hybridized carbons (Fsp3) is 0.312. The molecule has 2 aliphatic rings. The van der Waals surface area contributed by atoms with Gasteiger partial charge in [0.1, 0.15) is 6.54 Å². The first-order valence-electron chi connectivity index (χ1n) is 14.4. The molecule has 1 aromatic heterocycles. The molecule has 1 aliphatic carbocycles. The Labute approximate surface area is 267 Å². The second-order valence-corrected chi connectivity index (χ2v) is 11.3. The minimum absolute atomic E-state index is 0.139. The number of carbonyl (C=O) groups excluding carboxylic acids is 1. The number of anilines is 1. The van der Waals surface area contributed by atoms with Crippen LogP contribution < -0.4 is 21.5 Å². The molecule has 0 radical (unpaired) electrons. The number of amides is 1. The van der Waals surface area contributed by atoms with E-state index in [0.29, 0.717) is 42.6 Å². The van der Waals surface area contributed by atoms with E-state index in [0.717, 1.165) is 5.56 Å². The number of allylic oxidation sites excluding steroid dienone is 1. The quantitative estimate of drug-likeness (QED) is 0.239. The van der Waals surface area contributed by atoms with Gasteiger partial charge in [-0.05, 0) is 65.8 Å². The summed E-state index contributed by atoms with van der Waals surface area (Å²) in [4.78, 5) is 31.4. The molecule has 0 saturated carbocycles. The minimum Gasteiger partial charge on any atom is -0.480 e. The number of carboxylic acids is 1. The van der Waals surface area contributed by atoms with Gasteiger partial charge >= 0.3 is 12.1 Å². The lowest BCUT2D eigenvalue weighted by molar-refractivity contribution is -0.198. The molecular formula is C32H31ClF3N5O5. The molecule has 14 heteroatoms. The highest BCUT2D eigenvalue weighted by Gasteiger charge is 2.45. The number of nitrogens with two attached hydrogens (primary N) is 2. The largest absolute Gasteiger partial charge is 0.480 e. The Kier molecular flexibility index (Phi) is 9.94. The topological polar surface area (TPSA) is 163 Å². The first kappa shape index (κ1) is 32.9. The maximum atomic E-state index is 14.5. The van der Waals surface area contributed by atoms with Crippen molar-refractivity contribution in [2.75, 3.05) is 25.5 Å². The van der Waals surface area contributed by atoms with E-state index in [4.69, 9.17) is 37.6 Å². The number of aromatic nitrogens is 2. The summed E-state index contributed by atoms with van der Waals surface area (Å²) in [6.07, 6.45) is -2.11. The van der Waals surface area contributed by atoms with E-state index in [1.165, 1.54) is 24.3 Å². The predicted molar refractivity (Wildman–Crippen MR) is 165 cm³/mol. The molecule has 1 unspecified atom stereocenters. The van der Waals surface area contributed by atoms with E-state index in [2.05, 4.69) is 15.3 Å². The number of nitrogens with zero attached hydrogens (tertiary/aromatic N) is 2. The van der Waals surface area contributed by atoms with E-state index in [1.807, 2.05) is 12.1 Å². The summed E-state index contributed by atoms with van der Waals surface area (Å²) in [5.74, 6) is -2.52. The first-order valence-corrected chi connectivity index (χ1v) is 14.8. The summed E-state index contributed by atoms with van der Waals surface area (Å²) in [6, 6.07) is 11.6. The van der Waals surface area contributed by atoms with Gasteiger partial charge in [-0.1, -0.05) is 42.0 Å². The van der Waals surface area contributed by atoms with Crippen LogP contribution in [0.2, 0.25) is 5.02 Å². The van der Waals surface area contributed by atoms with Crippen LogP contribution in [0.4, 0.5) is 19.1 Å². The SMILES string of the molecule is Nc1nc(O[C@H](c2ccc(Cl)cc2C2=CCCOC2)C(F)(F)F)cc(C2=C[C@H](N)C(c3cccc(C(=O)NCC(=O)O)c3)CC2)n1. The van der Waals surface area contributed by atoms with Gasteiger partial charge in [0.15, 0.2) is 0 Å². The van der Waals surface area contributed by atoms with E-state index in [-0.39, 0.29) is 46.2 Å². The number of hydrogen-bond donors (Lipinski definition) is 4. The predicted octanol–water partition coefficient (Wildman–Crippen LogP) is 5.30. The Bertz CT molecular complexity index is 1700. The average Bonchev–Trinajstić information content (AvgIpc) is 3.02. The van der Waals surface area contributed by atoms with Gasteiger partial charge in [-0.25, -0.2) is 4.98 Å². The van der Waals surface area contributed by atoms with Gasteiger partial charge in [0.05, 0.1) is 18.9 Å². The van der Waals surface area contributed by atoms with Gasteiger partial charge in [-0.15, -0.1) is 0 Å². The van der Waals surface area contributed by atoms with Crippen molar-refractivity contribution in [3.05, 3.63) is 93.7 Å². The minimum atomic E-state index is -4.82. The highest BCUT2D eigenvalue weighted by Crippen LogP contribution is 2.42. The van der Waals surface area contributed by atoms with Gasteiger partial charge < -0.3 is 31.4 Å². The lowest BCUT2D eigenvalue weighted by atomic mass is 9.80. The van der Waals surface area contributed by atoms with Crippen molar-refractivity contribution in [3.8, 4) is 5.88 Å². The summed E-state index contributed by atoms with van der Waals surface area (Å²) in [5.41, 5.74) is 15.2. The number of nitrogen functional groups attached to an aromatic ring is 1. The van der Waals surface area contributed by atoms with E-state index >= 15 is 0 Å². The van der Waals surface area contributed by atoms with Gasteiger partial charge in [-0.2, -0.15) is 18.2 Å². The van der Waals surface area contributed by atoms with Crippen LogP contribution in [-0.4, -0.2) is 58.9 Å². The Hall–Kier alpha value is -4.46. The maximum Gasteiger partial charge on any atom is 0.429 e. The standard InChI is InChI=1S/C32H31ClF3N5O5/c33-21-7-9-23(24(13-21)20-5-2-10-45-16-20)29(32(34,35)36)46-27-14-26(40-31(38)41-27)18-6-8-22(25(37)12-18)17-3-1-4-19(11-17)30(44)39-15-28(42)43/h1,3-5,7,9,11-14,22,25,29H,2,6,8,10,15-16,37H2,(H,39,44)(H,42,43)(H2,38,40,41)/t22?,25-,29+/m0/s1. The Morgan fingerprint density at radius 3 is 2.65 bits per heavy atom. The number of alkyl halides is 3. The summed E-state index contributed by atoms with van der Waals surface area (Å²) in [7, 11) is 0. The van der Waals surface area contributed by atoms with Crippen molar-refractivity contribution >= 4 is 40.6 Å². The molecule has 1 aliphatic heterocycles. The normalized spacial score (nSPS) is 19.1. The molecule has 2 aromatic carbocycles. The van der Waals surface area contributed by atoms with Crippen molar-refractivity contribution in [1.29, 1.82) is 0 Å². The molecule has 0 spiro atoms. The van der Waals surface area contributed by atoms with Crippen molar-refractivity contribution in [2.24, 2.45) is 5.73 Å². The summed E-state index contributed by atoms with van der Waals surface area (Å²) in [5, 5.41) is 11.4. The summed E-state index contributed by atoms with van der Waals surface area (Å²) < 4.78 is 54.6. The monoisotopic (exact) mass is 657 g/mol. The lowest BCUT2D eigenvalue weighted by Crippen LogP contribution is -2.31. The number of halogens is 4. The zero-order valence-electron chi connectivity index (χ0n) is 24.4. The average molecular weight is 658 g/mol. The Balaban J connectivity index is 1.40. The van der Waals surface area contributed by atoms with Crippen LogP contribution in [0.3, 0.4) is 0 Å². The number of hydrogen-bond acceptors (Lipinski definition) is 8.